The van der Waals surface area contributed by atoms with Gasteiger partial charge in [0.25, 0.3) is 0 Å². The number of carbonyl (C=O) groups excluding carboxylic acids is 1. The van der Waals surface area contributed by atoms with Gasteiger partial charge in [-0.2, -0.15) is 0 Å². The minimum absolute atomic E-state index is 0.187. The number of nitrogens with zero attached hydrogens (tertiary/aromatic N) is 1. The highest BCUT2D eigenvalue weighted by Gasteiger charge is 2.37. The van der Waals surface area contributed by atoms with E-state index in [0.29, 0.717) is 35.6 Å². The lowest BCUT2D eigenvalue weighted by Gasteiger charge is -2.17. The number of hydrogen-bond acceptors (Lipinski definition) is 3. The average Bonchev–Trinajstić information content (AvgIpc) is 3.01. The van der Waals surface area contributed by atoms with Gasteiger partial charge in [0.15, 0.2) is 0 Å². The van der Waals surface area contributed by atoms with Crippen molar-refractivity contribution in [3.8, 4) is 5.75 Å². The molecule has 0 unspecified atom stereocenters. The first-order chi connectivity index (χ1) is 9.74. The summed E-state index contributed by atoms with van der Waals surface area (Å²) in [6.07, 6.45) is 0.415. The number of carbonyl (C=O) groups is 1. The van der Waals surface area contributed by atoms with Gasteiger partial charge in [0.05, 0.1) is 18.1 Å². The Bertz CT molecular complexity index is 483. The van der Waals surface area contributed by atoms with Gasteiger partial charge in [0.1, 0.15) is 5.75 Å². The van der Waals surface area contributed by atoms with Crippen LogP contribution in [0, 0.1) is 11.8 Å². The molecule has 3 rings (SSSR count). The molecule has 0 radical (unpaired) electrons. The summed E-state index contributed by atoms with van der Waals surface area (Å²) in [7, 11) is 0. The summed E-state index contributed by atoms with van der Waals surface area (Å²) < 4.78 is 5.57. The first-order valence-corrected chi connectivity index (χ1v) is 7.47. The maximum Gasteiger partial charge on any atom is 0.226 e. The van der Waals surface area contributed by atoms with Crippen molar-refractivity contribution in [1.82, 2.24) is 10.2 Å². The summed E-state index contributed by atoms with van der Waals surface area (Å²) >= 11 is 6.00. The molecule has 1 N–H and O–H groups in total. The van der Waals surface area contributed by atoms with Crippen LogP contribution in [-0.4, -0.2) is 43.6 Å². The molecular weight excluding hydrogens is 276 g/mol. The van der Waals surface area contributed by atoms with Crippen LogP contribution in [0.25, 0.3) is 0 Å². The fraction of sp³-hybridized carbons (Fsp3) is 0.533. The molecule has 0 aromatic heterocycles. The van der Waals surface area contributed by atoms with Crippen molar-refractivity contribution < 1.29 is 9.53 Å². The molecule has 4 nitrogen and oxygen atoms in total. The van der Waals surface area contributed by atoms with E-state index in [1.165, 1.54) is 0 Å². The van der Waals surface area contributed by atoms with E-state index < -0.39 is 0 Å². The van der Waals surface area contributed by atoms with Gasteiger partial charge >= 0.3 is 0 Å². The van der Waals surface area contributed by atoms with Crippen molar-refractivity contribution in [2.45, 2.75) is 6.42 Å². The van der Waals surface area contributed by atoms with Crippen LogP contribution >= 0.6 is 11.6 Å². The highest BCUT2D eigenvalue weighted by Crippen LogP contribution is 2.27. The largest absolute Gasteiger partial charge is 0.491 e. The van der Waals surface area contributed by atoms with Crippen LogP contribution in [0.15, 0.2) is 24.3 Å². The Hall–Kier alpha value is -1.26. The minimum Gasteiger partial charge on any atom is -0.491 e. The van der Waals surface area contributed by atoms with Gasteiger partial charge in [-0.05, 0) is 24.0 Å². The third-order valence-corrected chi connectivity index (χ3v) is 4.46. The normalized spacial score (nSPS) is 24.8. The van der Waals surface area contributed by atoms with Crippen LogP contribution < -0.4 is 10.1 Å². The molecule has 108 valence electrons. The third kappa shape index (κ3) is 2.91. The van der Waals surface area contributed by atoms with Gasteiger partial charge in [-0.3, -0.25) is 4.79 Å². The number of benzene rings is 1. The second-order valence-corrected chi connectivity index (χ2v) is 5.91. The minimum atomic E-state index is 0.187. The van der Waals surface area contributed by atoms with Crippen LogP contribution in [0.2, 0.25) is 5.02 Å². The molecule has 2 atom stereocenters. The topological polar surface area (TPSA) is 41.6 Å². The van der Waals surface area contributed by atoms with Crippen molar-refractivity contribution in [2.75, 3.05) is 32.8 Å². The lowest BCUT2D eigenvalue weighted by atomic mass is 10.0. The SMILES string of the molecule is O=C(CCOc1ccccc1Cl)N1C[C@H]2CNC[C@H]2C1. The van der Waals surface area contributed by atoms with Crippen molar-refractivity contribution in [2.24, 2.45) is 11.8 Å². The fourth-order valence-corrected chi connectivity index (χ4v) is 3.22. The molecule has 2 fully saturated rings. The van der Waals surface area contributed by atoms with Crippen LogP contribution in [0.5, 0.6) is 5.75 Å². The number of likely N-dealkylation sites (tertiary alicyclic amines) is 1. The second kappa shape index (κ2) is 6.02. The van der Waals surface area contributed by atoms with Crippen LogP contribution in [0.4, 0.5) is 0 Å². The molecule has 20 heavy (non-hydrogen) atoms. The number of halogens is 1. The Kier molecular flexibility index (Phi) is 4.13. The number of nitrogens with one attached hydrogen (secondary N) is 1. The van der Waals surface area contributed by atoms with Crippen LogP contribution in [0.3, 0.4) is 0 Å². The first kappa shape index (κ1) is 13.7. The van der Waals surface area contributed by atoms with Crippen molar-refractivity contribution in [3.63, 3.8) is 0 Å². The molecule has 1 amide bonds. The number of hydrogen-bond donors (Lipinski definition) is 1. The van der Waals surface area contributed by atoms with Crippen molar-refractivity contribution in [3.05, 3.63) is 29.3 Å². The lowest BCUT2D eigenvalue weighted by Crippen LogP contribution is -2.32. The summed E-state index contributed by atoms with van der Waals surface area (Å²) in [6, 6.07) is 7.33. The smallest absolute Gasteiger partial charge is 0.226 e. The Labute approximate surface area is 124 Å². The zero-order valence-electron chi connectivity index (χ0n) is 11.3. The Morgan fingerprint density at radius 3 is 2.70 bits per heavy atom. The summed E-state index contributed by atoms with van der Waals surface area (Å²) in [4.78, 5) is 14.1. The Balaban J connectivity index is 1.45. The molecule has 0 saturated carbocycles. The Morgan fingerprint density at radius 1 is 1.30 bits per heavy atom. The summed E-state index contributed by atoms with van der Waals surface area (Å²) in [5, 5.41) is 3.96. The van der Waals surface area contributed by atoms with E-state index in [2.05, 4.69) is 5.32 Å². The molecule has 2 aliphatic rings. The molecule has 2 aliphatic heterocycles. The lowest BCUT2D eigenvalue weighted by molar-refractivity contribution is -0.130. The fourth-order valence-electron chi connectivity index (χ4n) is 3.03. The zero-order valence-corrected chi connectivity index (χ0v) is 12.1. The van der Waals surface area contributed by atoms with Gasteiger partial charge in [-0.15, -0.1) is 0 Å². The van der Waals surface area contributed by atoms with E-state index in [4.69, 9.17) is 16.3 Å². The zero-order chi connectivity index (χ0) is 13.9. The van der Waals surface area contributed by atoms with E-state index in [0.717, 1.165) is 26.2 Å². The number of fused-ring (bicyclic) bond motifs is 1. The molecule has 0 aliphatic carbocycles. The van der Waals surface area contributed by atoms with Gasteiger partial charge < -0.3 is 15.0 Å². The molecule has 5 heteroatoms. The number of ether oxygens (including phenoxy) is 1. The van der Waals surface area contributed by atoms with Crippen LogP contribution in [0.1, 0.15) is 6.42 Å². The maximum atomic E-state index is 12.1. The highest BCUT2D eigenvalue weighted by molar-refractivity contribution is 6.32. The van der Waals surface area contributed by atoms with Crippen molar-refractivity contribution >= 4 is 17.5 Å². The molecule has 0 spiro atoms. The average molecular weight is 295 g/mol. The number of rotatable bonds is 4. The number of amides is 1. The van der Waals surface area contributed by atoms with E-state index in [1.54, 1.807) is 6.07 Å². The predicted molar refractivity (Wildman–Crippen MR) is 78.0 cm³/mol. The molecule has 2 saturated heterocycles. The highest BCUT2D eigenvalue weighted by atomic mass is 35.5. The first-order valence-electron chi connectivity index (χ1n) is 7.10. The van der Waals surface area contributed by atoms with Crippen molar-refractivity contribution in [1.29, 1.82) is 0 Å². The summed E-state index contributed by atoms with van der Waals surface area (Å²) in [6.45, 7) is 4.26. The third-order valence-electron chi connectivity index (χ3n) is 4.15. The number of para-hydroxylation sites is 1. The second-order valence-electron chi connectivity index (χ2n) is 5.51. The van der Waals surface area contributed by atoms with E-state index >= 15 is 0 Å². The van der Waals surface area contributed by atoms with Gasteiger partial charge in [0.2, 0.25) is 5.91 Å². The molecule has 2 heterocycles. The standard InChI is InChI=1S/C15H19ClN2O2/c16-13-3-1-2-4-14(13)20-6-5-15(19)18-9-11-7-17-8-12(11)10-18/h1-4,11-12,17H,5-10H2/t11-,12+. The van der Waals surface area contributed by atoms with E-state index in [1.807, 2.05) is 23.1 Å². The maximum absolute atomic E-state index is 12.1. The van der Waals surface area contributed by atoms with Gasteiger partial charge in [0, 0.05) is 26.2 Å². The molecule has 1 aromatic carbocycles. The van der Waals surface area contributed by atoms with E-state index in [-0.39, 0.29) is 5.91 Å². The molecule has 0 bridgehead atoms. The monoisotopic (exact) mass is 294 g/mol. The summed E-state index contributed by atoms with van der Waals surface area (Å²) in [5.74, 6) is 2.11. The predicted octanol–water partition coefficient (Wildman–Crippen LogP) is 1.79. The molecular formula is C15H19ClN2O2. The van der Waals surface area contributed by atoms with Crippen LogP contribution in [-0.2, 0) is 4.79 Å². The van der Waals surface area contributed by atoms with Gasteiger partial charge in [-0.25, -0.2) is 0 Å². The van der Waals surface area contributed by atoms with E-state index in [9.17, 15) is 4.79 Å². The summed E-state index contributed by atoms with van der Waals surface area (Å²) in [5.41, 5.74) is 0. The van der Waals surface area contributed by atoms with Gasteiger partial charge in [-0.1, -0.05) is 23.7 Å². The quantitative estimate of drug-likeness (QED) is 0.920. The Morgan fingerprint density at radius 2 is 2.00 bits per heavy atom. The molecule has 1 aromatic rings.